The summed E-state index contributed by atoms with van der Waals surface area (Å²) in [7, 11) is 0. The predicted molar refractivity (Wildman–Crippen MR) is 70.0 cm³/mol. The van der Waals surface area contributed by atoms with Crippen LogP contribution in [-0.2, 0) is 9.59 Å². The maximum atomic E-state index is 11.7. The molecule has 0 aliphatic carbocycles. The van der Waals surface area contributed by atoms with Gasteiger partial charge in [0.2, 0.25) is 0 Å². The highest BCUT2D eigenvalue weighted by molar-refractivity contribution is 5.98. The molecule has 1 aromatic carbocycles. The first-order valence-corrected chi connectivity index (χ1v) is 5.77. The summed E-state index contributed by atoms with van der Waals surface area (Å²) in [4.78, 5) is 33.1. The zero-order valence-corrected chi connectivity index (χ0v) is 10.8. The molecule has 0 aromatic heterocycles. The van der Waals surface area contributed by atoms with Gasteiger partial charge in [-0.1, -0.05) is 6.07 Å². The molecule has 0 aliphatic rings. The highest BCUT2D eigenvalue weighted by atomic mass is 16.5. The van der Waals surface area contributed by atoms with Crippen molar-refractivity contribution in [3.63, 3.8) is 0 Å². The molecule has 20 heavy (non-hydrogen) atoms. The van der Waals surface area contributed by atoms with Crippen LogP contribution in [0.3, 0.4) is 0 Å². The molecular formula is C13H14N2O5. The first-order valence-electron chi connectivity index (χ1n) is 5.77. The van der Waals surface area contributed by atoms with Gasteiger partial charge in [-0.05, 0) is 25.1 Å². The second-order valence-electron chi connectivity index (χ2n) is 3.58. The summed E-state index contributed by atoms with van der Waals surface area (Å²) in [5.41, 5.74) is 4.52. The molecule has 0 fully saturated rings. The Balaban J connectivity index is 2.56. The Hall–Kier alpha value is -2.83. The average molecular weight is 278 g/mol. The molecule has 0 unspecified atom stereocenters. The van der Waals surface area contributed by atoms with Gasteiger partial charge in [0.05, 0.1) is 6.61 Å². The average Bonchev–Trinajstić information content (AvgIpc) is 2.43. The Morgan fingerprint density at radius 2 is 2.00 bits per heavy atom. The molecule has 0 spiro atoms. The van der Waals surface area contributed by atoms with Crippen LogP contribution in [0.15, 0.2) is 36.4 Å². The Labute approximate surface area is 115 Å². The van der Waals surface area contributed by atoms with Gasteiger partial charge in [0.1, 0.15) is 5.75 Å². The Bertz CT molecular complexity index is 539. The summed E-state index contributed by atoms with van der Waals surface area (Å²) in [6.07, 6.45) is 1.45. The maximum absolute atomic E-state index is 11.7. The Morgan fingerprint density at radius 1 is 1.25 bits per heavy atom. The number of nitrogens with one attached hydrogen (secondary N) is 2. The monoisotopic (exact) mass is 278 g/mol. The van der Waals surface area contributed by atoms with Crippen molar-refractivity contribution in [3.05, 3.63) is 42.0 Å². The van der Waals surface area contributed by atoms with E-state index in [2.05, 4.69) is 10.9 Å². The van der Waals surface area contributed by atoms with E-state index in [4.69, 9.17) is 9.84 Å². The van der Waals surface area contributed by atoms with Gasteiger partial charge < -0.3 is 9.84 Å². The maximum Gasteiger partial charge on any atom is 0.328 e. The van der Waals surface area contributed by atoms with Crippen LogP contribution in [0.4, 0.5) is 0 Å². The van der Waals surface area contributed by atoms with Crippen molar-refractivity contribution in [1.82, 2.24) is 10.9 Å². The summed E-state index contributed by atoms with van der Waals surface area (Å²) in [6.45, 7) is 2.30. The van der Waals surface area contributed by atoms with Crippen molar-refractivity contribution in [2.75, 3.05) is 6.61 Å². The van der Waals surface area contributed by atoms with Crippen LogP contribution in [0.25, 0.3) is 0 Å². The van der Waals surface area contributed by atoms with E-state index in [1.165, 1.54) is 6.07 Å². The van der Waals surface area contributed by atoms with Crippen molar-refractivity contribution < 1.29 is 24.2 Å². The third-order valence-electron chi connectivity index (χ3n) is 2.08. The second kappa shape index (κ2) is 7.57. The second-order valence-corrected chi connectivity index (χ2v) is 3.58. The lowest BCUT2D eigenvalue weighted by Gasteiger charge is -2.07. The molecule has 0 atom stereocenters. The molecule has 0 saturated heterocycles. The number of amides is 2. The SMILES string of the molecule is CCOc1cccc(C(=O)NNC(=O)/C=C/C(=O)O)c1. The number of rotatable bonds is 5. The fourth-order valence-electron chi connectivity index (χ4n) is 1.27. The minimum absolute atomic E-state index is 0.304. The Morgan fingerprint density at radius 3 is 2.65 bits per heavy atom. The first-order chi connectivity index (χ1) is 9.52. The molecule has 7 nitrogen and oxygen atoms in total. The van der Waals surface area contributed by atoms with E-state index in [0.717, 1.165) is 6.08 Å². The zero-order valence-electron chi connectivity index (χ0n) is 10.8. The van der Waals surface area contributed by atoms with E-state index in [1.807, 2.05) is 6.92 Å². The van der Waals surface area contributed by atoms with E-state index >= 15 is 0 Å². The van der Waals surface area contributed by atoms with Gasteiger partial charge in [-0.3, -0.25) is 20.4 Å². The molecule has 0 aliphatic heterocycles. The van der Waals surface area contributed by atoms with E-state index in [1.54, 1.807) is 18.2 Å². The van der Waals surface area contributed by atoms with Crippen LogP contribution in [0.5, 0.6) is 5.75 Å². The highest BCUT2D eigenvalue weighted by Gasteiger charge is 2.07. The number of carbonyl (C=O) groups excluding carboxylic acids is 2. The van der Waals surface area contributed by atoms with Crippen LogP contribution in [0, 0.1) is 0 Å². The standard InChI is InChI=1S/C13H14N2O5/c1-2-20-10-5-3-4-9(8-10)13(19)15-14-11(16)6-7-12(17)18/h3-8H,2H2,1H3,(H,14,16)(H,15,19)(H,17,18)/b7-6+. The molecule has 0 bridgehead atoms. The molecule has 1 aromatic rings. The minimum Gasteiger partial charge on any atom is -0.494 e. The lowest BCUT2D eigenvalue weighted by atomic mass is 10.2. The number of aliphatic carboxylic acids is 1. The number of carbonyl (C=O) groups is 3. The molecule has 0 saturated carbocycles. The number of carboxylic acids is 1. The summed E-state index contributed by atoms with van der Waals surface area (Å²) < 4.78 is 5.24. The number of hydrazine groups is 1. The van der Waals surface area contributed by atoms with Gasteiger partial charge in [0.25, 0.3) is 11.8 Å². The van der Waals surface area contributed by atoms with Gasteiger partial charge in [0.15, 0.2) is 0 Å². The molecule has 0 radical (unpaired) electrons. The molecule has 1 rings (SSSR count). The summed E-state index contributed by atoms with van der Waals surface area (Å²) in [5, 5.41) is 8.33. The topological polar surface area (TPSA) is 105 Å². The molecule has 2 amide bonds. The molecule has 7 heteroatoms. The van der Waals surface area contributed by atoms with E-state index in [-0.39, 0.29) is 0 Å². The van der Waals surface area contributed by atoms with Crippen LogP contribution < -0.4 is 15.6 Å². The van der Waals surface area contributed by atoms with Crippen molar-refractivity contribution in [2.45, 2.75) is 6.92 Å². The van der Waals surface area contributed by atoms with E-state index in [9.17, 15) is 14.4 Å². The summed E-state index contributed by atoms with van der Waals surface area (Å²) in [5.74, 6) is -2.00. The summed E-state index contributed by atoms with van der Waals surface area (Å²) >= 11 is 0. The lowest BCUT2D eigenvalue weighted by Crippen LogP contribution is -2.40. The van der Waals surface area contributed by atoms with Crippen LogP contribution >= 0.6 is 0 Å². The molecule has 0 heterocycles. The predicted octanol–water partition coefficient (Wildman–Crippen LogP) is 0.487. The van der Waals surface area contributed by atoms with Crippen LogP contribution in [0.2, 0.25) is 0 Å². The molecular weight excluding hydrogens is 264 g/mol. The largest absolute Gasteiger partial charge is 0.494 e. The third kappa shape index (κ3) is 5.21. The van der Waals surface area contributed by atoms with Gasteiger partial charge in [-0.25, -0.2) is 4.79 Å². The van der Waals surface area contributed by atoms with Gasteiger partial charge in [-0.15, -0.1) is 0 Å². The first kappa shape index (κ1) is 15.2. The lowest BCUT2D eigenvalue weighted by molar-refractivity contribution is -0.131. The number of carboxylic acid groups (broad SMARTS) is 1. The smallest absolute Gasteiger partial charge is 0.328 e. The quantitative estimate of drug-likeness (QED) is 0.537. The number of ether oxygens (including phenoxy) is 1. The third-order valence-corrected chi connectivity index (χ3v) is 2.08. The van der Waals surface area contributed by atoms with E-state index in [0.29, 0.717) is 24.0 Å². The molecule has 3 N–H and O–H groups in total. The number of hydrogen-bond acceptors (Lipinski definition) is 4. The van der Waals surface area contributed by atoms with Crippen molar-refractivity contribution in [3.8, 4) is 5.75 Å². The summed E-state index contributed by atoms with van der Waals surface area (Å²) in [6, 6.07) is 6.43. The fourth-order valence-corrected chi connectivity index (χ4v) is 1.27. The van der Waals surface area contributed by atoms with Gasteiger partial charge in [0, 0.05) is 17.7 Å². The number of benzene rings is 1. The molecule has 106 valence electrons. The van der Waals surface area contributed by atoms with Gasteiger partial charge >= 0.3 is 5.97 Å². The fraction of sp³-hybridized carbons (Fsp3) is 0.154. The highest BCUT2D eigenvalue weighted by Crippen LogP contribution is 2.12. The van der Waals surface area contributed by atoms with E-state index < -0.39 is 17.8 Å². The van der Waals surface area contributed by atoms with Crippen LogP contribution in [0.1, 0.15) is 17.3 Å². The van der Waals surface area contributed by atoms with Crippen LogP contribution in [-0.4, -0.2) is 29.5 Å². The van der Waals surface area contributed by atoms with Crippen molar-refractivity contribution >= 4 is 17.8 Å². The number of hydrogen-bond donors (Lipinski definition) is 3. The normalized spacial score (nSPS) is 10.1. The minimum atomic E-state index is -1.25. The van der Waals surface area contributed by atoms with Gasteiger partial charge in [-0.2, -0.15) is 0 Å². The zero-order chi connectivity index (χ0) is 15.0. The van der Waals surface area contributed by atoms with Crippen molar-refractivity contribution in [1.29, 1.82) is 0 Å². The van der Waals surface area contributed by atoms with Crippen molar-refractivity contribution in [2.24, 2.45) is 0 Å². The Kier molecular flexibility index (Phi) is 5.76.